The molecule has 0 N–H and O–H groups in total. The molecule has 2 heterocycles. The lowest BCUT2D eigenvalue weighted by atomic mass is 9.77. The Kier molecular flexibility index (Phi) is 4.36. The van der Waals surface area contributed by atoms with Crippen LogP contribution >= 0.6 is 11.6 Å². The standard InChI is InChI=1S/C23H20ClNO4/c1-13-5-7-15(10-17(13)24)25-18-3-2-4-19(26)23(18)16(11-22(25)27)14-6-8-20-21(9-14)29-12-28-20/h5-10,16H,2-4,11-12H2,1H3. The van der Waals surface area contributed by atoms with Crippen LogP contribution in [0.1, 0.15) is 42.7 Å². The smallest absolute Gasteiger partial charge is 0.232 e. The highest BCUT2D eigenvalue weighted by Gasteiger charge is 2.40. The molecule has 0 aromatic heterocycles. The van der Waals surface area contributed by atoms with E-state index in [9.17, 15) is 9.59 Å². The van der Waals surface area contributed by atoms with Crippen LogP contribution in [0.5, 0.6) is 11.5 Å². The van der Waals surface area contributed by atoms with Gasteiger partial charge in [-0.25, -0.2) is 0 Å². The number of hydrogen-bond donors (Lipinski definition) is 0. The molecule has 2 aromatic carbocycles. The van der Waals surface area contributed by atoms with E-state index >= 15 is 0 Å². The first kappa shape index (κ1) is 18.3. The maximum atomic E-state index is 13.3. The second kappa shape index (κ2) is 6.92. The van der Waals surface area contributed by atoms with Crippen LogP contribution in [0.15, 0.2) is 47.7 Å². The average molecular weight is 410 g/mol. The van der Waals surface area contributed by atoms with Crippen LogP contribution in [-0.4, -0.2) is 18.5 Å². The Morgan fingerprint density at radius 1 is 1.03 bits per heavy atom. The highest BCUT2D eigenvalue weighted by molar-refractivity contribution is 6.31. The van der Waals surface area contributed by atoms with Crippen LogP contribution in [-0.2, 0) is 9.59 Å². The number of ether oxygens (including phenoxy) is 2. The molecule has 1 unspecified atom stereocenters. The van der Waals surface area contributed by atoms with Gasteiger partial charge in [0.25, 0.3) is 0 Å². The second-order valence-corrected chi connectivity index (χ2v) is 8.08. The van der Waals surface area contributed by atoms with Crippen molar-refractivity contribution in [3.63, 3.8) is 0 Å². The fraction of sp³-hybridized carbons (Fsp3) is 0.304. The summed E-state index contributed by atoms with van der Waals surface area (Å²) in [4.78, 5) is 27.9. The summed E-state index contributed by atoms with van der Waals surface area (Å²) in [6.07, 6.45) is 2.18. The number of fused-ring (bicyclic) bond motifs is 1. The van der Waals surface area contributed by atoms with Gasteiger partial charge in [-0.1, -0.05) is 23.7 Å². The molecule has 0 fully saturated rings. The van der Waals surface area contributed by atoms with Crippen LogP contribution in [0.3, 0.4) is 0 Å². The van der Waals surface area contributed by atoms with Gasteiger partial charge in [0, 0.05) is 35.1 Å². The number of halogens is 1. The molecule has 5 nitrogen and oxygen atoms in total. The number of carbonyl (C=O) groups is 2. The van der Waals surface area contributed by atoms with E-state index in [1.165, 1.54) is 0 Å². The van der Waals surface area contributed by atoms with Crippen molar-refractivity contribution in [2.45, 2.75) is 38.5 Å². The number of nitrogens with zero attached hydrogens (tertiary/aromatic N) is 1. The average Bonchev–Trinajstić information content (AvgIpc) is 3.17. The summed E-state index contributed by atoms with van der Waals surface area (Å²) >= 11 is 6.32. The third kappa shape index (κ3) is 3.01. The van der Waals surface area contributed by atoms with Crippen molar-refractivity contribution in [2.75, 3.05) is 11.7 Å². The van der Waals surface area contributed by atoms with Crippen molar-refractivity contribution in [3.8, 4) is 11.5 Å². The summed E-state index contributed by atoms with van der Waals surface area (Å²) in [5, 5.41) is 0.609. The minimum Gasteiger partial charge on any atom is -0.454 e. The molecule has 1 atom stereocenters. The fourth-order valence-corrected chi connectivity index (χ4v) is 4.60. The lowest BCUT2D eigenvalue weighted by Crippen LogP contribution is -2.40. The number of carbonyl (C=O) groups excluding carboxylic acids is 2. The van der Waals surface area contributed by atoms with Crippen molar-refractivity contribution >= 4 is 29.0 Å². The van der Waals surface area contributed by atoms with E-state index in [0.717, 1.165) is 34.5 Å². The molecule has 148 valence electrons. The first-order chi connectivity index (χ1) is 14.0. The predicted molar refractivity (Wildman–Crippen MR) is 109 cm³/mol. The topological polar surface area (TPSA) is 55.8 Å². The molecular weight excluding hydrogens is 390 g/mol. The van der Waals surface area contributed by atoms with Gasteiger partial charge >= 0.3 is 0 Å². The number of allylic oxidation sites excluding steroid dienone is 2. The molecule has 0 saturated heterocycles. The Hall–Kier alpha value is -2.79. The lowest BCUT2D eigenvalue weighted by molar-refractivity contribution is -0.119. The largest absolute Gasteiger partial charge is 0.454 e. The Morgan fingerprint density at radius 2 is 1.86 bits per heavy atom. The molecule has 0 bridgehead atoms. The van der Waals surface area contributed by atoms with Gasteiger partial charge in [-0.05, 0) is 55.2 Å². The Morgan fingerprint density at radius 3 is 2.69 bits per heavy atom. The van der Waals surface area contributed by atoms with Gasteiger partial charge in [-0.3, -0.25) is 14.5 Å². The molecule has 29 heavy (non-hydrogen) atoms. The van der Waals surface area contributed by atoms with Crippen molar-refractivity contribution in [1.82, 2.24) is 0 Å². The molecule has 0 spiro atoms. The lowest BCUT2D eigenvalue weighted by Gasteiger charge is -2.38. The van der Waals surface area contributed by atoms with Gasteiger partial charge < -0.3 is 9.47 Å². The maximum absolute atomic E-state index is 13.3. The van der Waals surface area contributed by atoms with E-state index in [2.05, 4.69) is 0 Å². The highest BCUT2D eigenvalue weighted by atomic mass is 35.5. The molecule has 0 radical (unpaired) electrons. The second-order valence-electron chi connectivity index (χ2n) is 7.67. The molecular formula is C23H20ClNO4. The van der Waals surface area contributed by atoms with Crippen LogP contribution in [0, 0.1) is 6.92 Å². The molecule has 0 saturated carbocycles. The van der Waals surface area contributed by atoms with Gasteiger partial charge in [0.1, 0.15) is 0 Å². The minimum absolute atomic E-state index is 0.0268. The number of aryl methyl sites for hydroxylation is 1. The van der Waals surface area contributed by atoms with Crippen LogP contribution in [0.2, 0.25) is 5.02 Å². The number of benzene rings is 2. The maximum Gasteiger partial charge on any atom is 0.232 e. The highest BCUT2D eigenvalue weighted by Crippen LogP contribution is 2.45. The molecule has 5 rings (SSSR count). The van der Waals surface area contributed by atoms with E-state index in [0.29, 0.717) is 29.4 Å². The molecule has 1 amide bonds. The molecule has 3 aliphatic rings. The van der Waals surface area contributed by atoms with Crippen molar-refractivity contribution in [3.05, 3.63) is 63.8 Å². The quantitative estimate of drug-likeness (QED) is 0.707. The SMILES string of the molecule is Cc1ccc(N2C(=O)CC(c3ccc4c(c3)OCO4)C3=C2CCCC3=O)cc1Cl. The van der Waals surface area contributed by atoms with Gasteiger partial charge in [-0.15, -0.1) is 0 Å². The third-order valence-electron chi connectivity index (χ3n) is 5.89. The number of amides is 1. The first-order valence-electron chi connectivity index (χ1n) is 9.78. The summed E-state index contributed by atoms with van der Waals surface area (Å²) in [5.74, 6) is 1.17. The Balaban J connectivity index is 1.63. The van der Waals surface area contributed by atoms with E-state index < -0.39 is 0 Å². The van der Waals surface area contributed by atoms with E-state index in [1.807, 2.05) is 37.3 Å². The number of hydrogen-bond acceptors (Lipinski definition) is 4. The minimum atomic E-state index is -0.267. The normalized spacial score (nSPS) is 20.9. The predicted octanol–water partition coefficient (Wildman–Crippen LogP) is 4.90. The van der Waals surface area contributed by atoms with Crippen molar-refractivity contribution < 1.29 is 19.1 Å². The number of rotatable bonds is 2. The monoisotopic (exact) mass is 409 g/mol. The number of ketones is 1. The molecule has 6 heteroatoms. The Labute approximate surface area is 173 Å². The molecule has 2 aliphatic heterocycles. The first-order valence-corrected chi connectivity index (χ1v) is 10.2. The van der Waals surface area contributed by atoms with Gasteiger partial charge in [0.2, 0.25) is 12.7 Å². The van der Waals surface area contributed by atoms with E-state index in [4.69, 9.17) is 21.1 Å². The summed E-state index contributed by atoms with van der Waals surface area (Å²) < 4.78 is 10.9. The molecule has 2 aromatic rings. The van der Waals surface area contributed by atoms with E-state index in [-0.39, 0.29) is 30.8 Å². The summed E-state index contributed by atoms with van der Waals surface area (Å²) in [7, 11) is 0. The van der Waals surface area contributed by atoms with Crippen LogP contribution < -0.4 is 14.4 Å². The Bertz CT molecular complexity index is 1070. The third-order valence-corrected chi connectivity index (χ3v) is 6.30. The number of anilines is 1. The zero-order valence-corrected chi connectivity index (χ0v) is 16.8. The van der Waals surface area contributed by atoms with E-state index in [1.54, 1.807) is 11.0 Å². The fourth-order valence-electron chi connectivity index (χ4n) is 4.43. The van der Waals surface area contributed by atoms with Gasteiger partial charge in [0.15, 0.2) is 17.3 Å². The van der Waals surface area contributed by atoms with Crippen LogP contribution in [0.25, 0.3) is 0 Å². The van der Waals surface area contributed by atoms with Gasteiger partial charge in [0.05, 0.1) is 5.69 Å². The summed E-state index contributed by atoms with van der Waals surface area (Å²) in [5.41, 5.74) is 4.13. The zero-order chi connectivity index (χ0) is 20.1. The molecule has 1 aliphatic carbocycles. The number of Topliss-reactive ketones (excluding diaryl/α,β-unsaturated/α-hetero) is 1. The summed E-state index contributed by atoms with van der Waals surface area (Å²) in [6.45, 7) is 2.12. The zero-order valence-electron chi connectivity index (χ0n) is 16.0. The van der Waals surface area contributed by atoms with Crippen molar-refractivity contribution in [1.29, 1.82) is 0 Å². The summed E-state index contributed by atoms with van der Waals surface area (Å²) in [6, 6.07) is 11.3. The van der Waals surface area contributed by atoms with Crippen molar-refractivity contribution in [2.24, 2.45) is 0 Å². The van der Waals surface area contributed by atoms with Crippen LogP contribution in [0.4, 0.5) is 5.69 Å². The van der Waals surface area contributed by atoms with Gasteiger partial charge in [-0.2, -0.15) is 0 Å².